The molecule has 0 radical (unpaired) electrons. The van der Waals surface area contributed by atoms with Gasteiger partial charge in [-0.05, 0) is 12.1 Å². The second-order valence-electron chi connectivity index (χ2n) is 6.05. The molecule has 1 aromatic heterocycles. The number of benzene rings is 2. The highest BCUT2D eigenvalue weighted by Gasteiger charge is 2.17. The van der Waals surface area contributed by atoms with Crippen LogP contribution in [0.1, 0.15) is 0 Å². The molecule has 0 aliphatic carbocycles. The zero-order chi connectivity index (χ0) is 21.2. The standard InChI is InChI=1S/C22H21N3O3S2/c1-2-13-23-19(27)15-29-22-25-20(16-9-5-3-6-10-16)21(30-22)24-18(26)14-28-17-11-7-4-8-12-17/h2-12H,1,13-15H2,(H,23,27)(H,24,26). The third kappa shape index (κ3) is 6.47. The minimum Gasteiger partial charge on any atom is -0.484 e. The summed E-state index contributed by atoms with van der Waals surface area (Å²) in [4.78, 5) is 28.9. The molecular formula is C22H21N3O3S2. The number of carbonyl (C=O) groups is 2. The van der Waals surface area contributed by atoms with Gasteiger partial charge in [0.1, 0.15) is 16.4 Å². The Kier molecular flexibility index (Phi) is 8.05. The molecule has 0 atom stereocenters. The summed E-state index contributed by atoms with van der Waals surface area (Å²) in [6.45, 7) is 3.90. The average Bonchev–Trinajstić information content (AvgIpc) is 3.18. The van der Waals surface area contributed by atoms with Gasteiger partial charge >= 0.3 is 0 Å². The van der Waals surface area contributed by atoms with Gasteiger partial charge in [0.25, 0.3) is 5.91 Å². The monoisotopic (exact) mass is 439 g/mol. The van der Waals surface area contributed by atoms with E-state index in [1.165, 1.54) is 23.1 Å². The zero-order valence-electron chi connectivity index (χ0n) is 16.2. The molecule has 0 saturated carbocycles. The molecule has 2 N–H and O–H groups in total. The summed E-state index contributed by atoms with van der Waals surface area (Å²) >= 11 is 2.66. The Labute approximate surface area is 183 Å². The smallest absolute Gasteiger partial charge is 0.262 e. The Hall–Kier alpha value is -3.10. The number of anilines is 1. The number of hydrogen-bond acceptors (Lipinski definition) is 6. The van der Waals surface area contributed by atoms with Gasteiger partial charge in [-0.15, -0.1) is 6.58 Å². The summed E-state index contributed by atoms with van der Waals surface area (Å²) in [6.07, 6.45) is 1.63. The lowest BCUT2D eigenvalue weighted by atomic mass is 10.2. The lowest BCUT2D eigenvalue weighted by Crippen LogP contribution is -2.24. The van der Waals surface area contributed by atoms with Crippen molar-refractivity contribution in [3.8, 4) is 17.0 Å². The summed E-state index contributed by atoms with van der Waals surface area (Å²) < 4.78 is 6.21. The summed E-state index contributed by atoms with van der Waals surface area (Å²) in [5.41, 5.74) is 1.55. The number of para-hydroxylation sites is 1. The molecule has 0 bridgehead atoms. The predicted octanol–water partition coefficient (Wildman–Crippen LogP) is 4.22. The lowest BCUT2D eigenvalue weighted by Gasteiger charge is -2.07. The SMILES string of the molecule is C=CCNC(=O)CSc1nc(-c2ccccc2)c(NC(=O)COc2ccccc2)s1. The highest BCUT2D eigenvalue weighted by atomic mass is 32.2. The molecule has 3 aromatic rings. The van der Waals surface area contributed by atoms with Gasteiger partial charge in [0.15, 0.2) is 10.9 Å². The number of ether oxygens (including phenoxy) is 1. The largest absolute Gasteiger partial charge is 0.484 e. The highest BCUT2D eigenvalue weighted by Crippen LogP contribution is 2.37. The van der Waals surface area contributed by atoms with Gasteiger partial charge in [0, 0.05) is 12.1 Å². The number of thiazole rings is 1. The summed E-state index contributed by atoms with van der Waals surface area (Å²) in [6, 6.07) is 18.8. The van der Waals surface area contributed by atoms with Gasteiger partial charge < -0.3 is 15.4 Å². The number of carbonyl (C=O) groups excluding carboxylic acids is 2. The van der Waals surface area contributed by atoms with E-state index in [1.807, 2.05) is 48.5 Å². The molecule has 0 fully saturated rings. The van der Waals surface area contributed by atoms with E-state index in [1.54, 1.807) is 18.2 Å². The Morgan fingerprint density at radius 3 is 2.47 bits per heavy atom. The van der Waals surface area contributed by atoms with E-state index < -0.39 is 0 Å². The molecule has 2 aromatic carbocycles. The Morgan fingerprint density at radius 1 is 1.07 bits per heavy atom. The number of hydrogen-bond donors (Lipinski definition) is 2. The van der Waals surface area contributed by atoms with Gasteiger partial charge in [-0.2, -0.15) is 0 Å². The highest BCUT2D eigenvalue weighted by molar-refractivity contribution is 8.01. The fourth-order valence-electron chi connectivity index (χ4n) is 2.43. The molecule has 0 spiro atoms. The molecule has 0 aliphatic rings. The van der Waals surface area contributed by atoms with Crippen LogP contribution in [0, 0.1) is 0 Å². The first kappa shape index (κ1) is 21.6. The Bertz CT molecular complexity index is 991. The van der Waals surface area contributed by atoms with E-state index in [4.69, 9.17) is 4.74 Å². The van der Waals surface area contributed by atoms with Crippen LogP contribution < -0.4 is 15.4 Å². The first-order chi connectivity index (χ1) is 14.7. The maximum absolute atomic E-state index is 12.4. The van der Waals surface area contributed by atoms with Gasteiger partial charge in [-0.1, -0.05) is 77.7 Å². The molecule has 3 rings (SSSR count). The van der Waals surface area contributed by atoms with Crippen LogP contribution in [0.25, 0.3) is 11.3 Å². The molecule has 2 amide bonds. The normalized spacial score (nSPS) is 10.3. The summed E-state index contributed by atoms with van der Waals surface area (Å²) in [7, 11) is 0. The first-order valence-electron chi connectivity index (χ1n) is 9.20. The van der Waals surface area contributed by atoms with Crippen LogP contribution in [0.3, 0.4) is 0 Å². The molecule has 1 heterocycles. The number of thioether (sulfide) groups is 1. The van der Waals surface area contributed by atoms with Crippen molar-refractivity contribution in [1.82, 2.24) is 10.3 Å². The molecule has 8 heteroatoms. The maximum atomic E-state index is 12.4. The van der Waals surface area contributed by atoms with Gasteiger partial charge in [0.2, 0.25) is 5.91 Å². The zero-order valence-corrected chi connectivity index (χ0v) is 17.8. The van der Waals surface area contributed by atoms with Gasteiger partial charge in [0.05, 0.1) is 5.75 Å². The molecule has 0 unspecified atom stereocenters. The molecule has 0 saturated heterocycles. The minimum atomic E-state index is -0.278. The average molecular weight is 440 g/mol. The van der Waals surface area contributed by atoms with Crippen molar-refractivity contribution in [1.29, 1.82) is 0 Å². The van der Waals surface area contributed by atoms with Crippen LogP contribution in [-0.2, 0) is 9.59 Å². The van der Waals surface area contributed by atoms with Crippen molar-refractivity contribution in [2.24, 2.45) is 0 Å². The van der Waals surface area contributed by atoms with Crippen molar-refractivity contribution >= 4 is 39.9 Å². The van der Waals surface area contributed by atoms with Crippen LogP contribution in [-0.4, -0.2) is 35.7 Å². The maximum Gasteiger partial charge on any atom is 0.262 e. The van der Waals surface area contributed by atoms with Crippen LogP contribution in [0.15, 0.2) is 77.7 Å². The lowest BCUT2D eigenvalue weighted by molar-refractivity contribution is -0.119. The quantitative estimate of drug-likeness (QED) is 0.365. The summed E-state index contributed by atoms with van der Waals surface area (Å²) in [5, 5.41) is 6.24. The Balaban J connectivity index is 1.69. The van der Waals surface area contributed by atoms with E-state index in [9.17, 15) is 9.59 Å². The van der Waals surface area contributed by atoms with Crippen molar-refractivity contribution in [3.63, 3.8) is 0 Å². The van der Waals surface area contributed by atoms with E-state index in [0.29, 0.717) is 27.3 Å². The minimum absolute atomic E-state index is 0.0989. The Morgan fingerprint density at radius 2 is 1.77 bits per heavy atom. The molecule has 30 heavy (non-hydrogen) atoms. The third-order valence-corrected chi connectivity index (χ3v) is 5.90. The summed E-state index contributed by atoms with van der Waals surface area (Å²) in [5.74, 6) is 0.486. The fourth-order valence-corrected chi connectivity index (χ4v) is 4.34. The molecular weight excluding hydrogens is 418 g/mol. The topological polar surface area (TPSA) is 80.3 Å². The number of nitrogens with zero attached hydrogens (tertiary/aromatic N) is 1. The predicted molar refractivity (Wildman–Crippen MR) is 122 cm³/mol. The van der Waals surface area contributed by atoms with E-state index in [0.717, 1.165) is 5.56 Å². The second-order valence-corrected chi connectivity index (χ2v) is 8.28. The van der Waals surface area contributed by atoms with Crippen LogP contribution in [0.4, 0.5) is 5.00 Å². The molecule has 154 valence electrons. The van der Waals surface area contributed by atoms with Crippen molar-refractivity contribution in [3.05, 3.63) is 73.3 Å². The number of aromatic nitrogens is 1. The fraction of sp³-hybridized carbons (Fsp3) is 0.136. The van der Waals surface area contributed by atoms with Gasteiger partial charge in [-0.3, -0.25) is 9.59 Å². The van der Waals surface area contributed by atoms with Crippen molar-refractivity contribution in [2.75, 3.05) is 24.2 Å². The van der Waals surface area contributed by atoms with Crippen molar-refractivity contribution < 1.29 is 14.3 Å². The second kappa shape index (κ2) is 11.2. The van der Waals surface area contributed by atoms with Gasteiger partial charge in [-0.25, -0.2) is 4.98 Å². The molecule has 0 aliphatic heterocycles. The van der Waals surface area contributed by atoms with Crippen LogP contribution in [0.2, 0.25) is 0 Å². The van der Waals surface area contributed by atoms with Crippen LogP contribution in [0.5, 0.6) is 5.75 Å². The van der Waals surface area contributed by atoms with Crippen LogP contribution >= 0.6 is 23.1 Å². The van der Waals surface area contributed by atoms with E-state index >= 15 is 0 Å². The number of nitrogens with one attached hydrogen (secondary N) is 2. The number of amides is 2. The van der Waals surface area contributed by atoms with E-state index in [-0.39, 0.29) is 24.2 Å². The first-order valence-corrected chi connectivity index (χ1v) is 11.0. The number of rotatable bonds is 10. The molecule has 6 nitrogen and oxygen atoms in total. The van der Waals surface area contributed by atoms with E-state index in [2.05, 4.69) is 22.2 Å². The van der Waals surface area contributed by atoms with Crippen molar-refractivity contribution in [2.45, 2.75) is 4.34 Å². The third-order valence-electron chi connectivity index (χ3n) is 3.79.